The molecular weight excluding hydrogens is 248 g/mol. The van der Waals surface area contributed by atoms with Crippen molar-refractivity contribution in [1.82, 2.24) is 9.78 Å². The van der Waals surface area contributed by atoms with Crippen LogP contribution in [0, 0.1) is 17.3 Å². The first-order chi connectivity index (χ1) is 9.70. The normalized spacial score (nSPS) is 32.4. The van der Waals surface area contributed by atoms with E-state index in [-0.39, 0.29) is 5.41 Å². The number of aliphatic hydroxyl groups excluding tert-OH is 1. The zero-order valence-corrected chi connectivity index (χ0v) is 12.9. The van der Waals surface area contributed by atoms with Gasteiger partial charge >= 0.3 is 0 Å². The van der Waals surface area contributed by atoms with Crippen LogP contribution in [0.15, 0.2) is 12.3 Å². The minimum atomic E-state index is 0.135. The molecule has 3 heteroatoms. The Bertz CT molecular complexity index is 452. The van der Waals surface area contributed by atoms with Crippen molar-refractivity contribution in [2.24, 2.45) is 17.3 Å². The van der Waals surface area contributed by atoms with Crippen LogP contribution in [0.25, 0.3) is 0 Å². The van der Waals surface area contributed by atoms with Gasteiger partial charge in [0.2, 0.25) is 0 Å². The highest BCUT2D eigenvalue weighted by Gasteiger charge is 2.50. The second-order valence-corrected chi connectivity index (χ2v) is 7.03. The van der Waals surface area contributed by atoms with E-state index in [1.165, 1.54) is 31.4 Å². The minimum absolute atomic E-state index is 0.135. The first kappa shape index (κ1) is 14.1. The summed E-state index contributed by atoms with van der Waals surface area (Å²) in [6.45, 7) is 4.79. The van der Waals surface area contributed by atoms with E-state index >= 15 is 0 Å². The van der Waals surface area contributed by atoms with Crippen LogP contribution in [0.4, 0.5) is 0 Å². The van der Waals surface area contributed by atoms with Crippen molar-refractivity contribution in [2.75, 3.05) is 6.61 Å². The van der Waals surface area contributed by atoms with E-state index in [0.29, 0.717) is 12.6 Å². The van der Waals surface area contributed by atoms with E-state index in [4.69, 9.17) is 5.10 Å². The molecule has 2 saturated carbocycles. The van der Waals surface area contributed by atoms with Crippen molar-refractivity contribution in [3.05, 3.63) is 18.0 Å². The maximum absolute atomic E-state index is 9.97. The Hall–Kier alpha value is -0.830. The van der Waals surface area contributed by atoms with Gasteiger partial charge in [-0.3, -0.25) is 4.68 Å². The predicted molar refractivity (Wildman–Crippen MR) is 80.5 cm³/mol. The fourth-order valence-corrected chi connectivity index (χ4v) is 4.72. The standard InChI is InChI=1S/C17H28N2O/c1-3-16(4-2)19-8-7-15(18-19)11-17(12-20)10-13-5-6-14(17)9-13/h7-8,13-14,16,20H,3-6,9-12H2,1-2H3. The van der Waals surface area contributed by atoms with Gasteiger partial charge in [0.1, 0.15) is 0 Å². The molecule has 1 aromatic heterocycles. The molecule has 20 heavy (non-hydrogen) atoms. The molecule has 0 spiro atoms. The largest absolute Gasteiger partial charge is 0.396 e. The van der Waals surface area contributed by atoms with Gasteiger partial charge < -0.3 is 5.11 Å². The Morgan fingerprint density at radius 2 is 2.20 bits per heavy atom. The smallest absolute Gasteiger partial charge is 0.0631 e. The molecule has 3 rings (SSSR count). The molecule has 112 valence electrons. The lowest BCUT2D eigenvalue weighted by molar-refractivity contribution is 0.0640. The number of aromatic nitrogens is 2. The third-order valence-corrected chi connectivity index (χ3v) is 5.93. The van der Waals surface area contributed by atoms with Crippen LogP contribution in [-0.4, -0.2) is 21.5 Å². The fourth-order valence-electron chi connectivity index (χ4n) is 4.72. The third-order valence-electron chi connectivity index (χ3n) is 5.93. The monoisotopic (exact) mass is 276 g/mol. The molecule has 2 aliphatic rings. The van der Waals surface area contributed by atoms with E-state index in [0.717, 1.165) is 31.1 Å². The Morgan fingerprint density at radius 1 is 1.40 bits per heavy atom. The highest BCUT2D eigenvalue weighted by Crippen LogP contribution is 2.56. The number of fused-ring (bicyclic) bond motifs is 2. The highest BCUT2D eigenvalue weighted by atomic mass is 16.3. The maximum Gasteiger partial charge on any atom is 0.0631 e. The van der Waals surface area contributed by atoms with Gasteiger partial charge in [-0.05, 0) is 56.4 Å². The fraction of sp³-hybridized carbons (Fsp3) is 0.824. The number of rotatable bonds is 6. The molecule has 1 aromatic rings. The van der Waals surface area contributed by atoms with Crippen LogP contribution in [-0.2, 0) is 6.42 Å². The van der Waals surface area contributed by atoms with Crippen molar-refractivity contribution < 1.29 is 5.11 Å². The molecule has 0 aromatic carbocycles. The van der Waals surface area contributed by atoms with Gasteiger partial charge in [0, 0.05) is 18.2 Å². The second kappa shape index (κ2) is 5.51. The lowest BCUT2D eigenvalue weighted by Gasteiger charge is -2.35. The van der Waals surface area contributed by atoms with E-state index < -0.39 is 0 Å². The molecule has 2 fully saturated rings. The number of hydrogen-bond acceptors (Lipinski definition) is 2. The SMILES string of the molecule is CCC(CC)n1ccc(CC2(CO)CC3CCC2C3)n1. The van der Waals surface area contributed by atoms with E-state index in [2.05, 4.69) is 30.8 Å². The number of hydrogen-bond donors (Lipinski definition) is 1. The van der Waals surface area contributed by atoms with E-state index in [1.54, 1.807) is 0 Å². The molecule has 2 bridgehead atoms. The second-order valence-electron chi connectivity index (χ2n) is 7.03. The molecule has 0 aliphatic heterocycles. The van der Waals surface area contributed by atoms with Crippen molar-refractivity contribution in [1.29, 1.82) is 0 Å². The highest BCUT2D eigenvalue weighted by molar-refractivity contribution is 5.10. The summed E-state index contributed by atoms with van der Waals surface area (Å²) in [5.74, 6) is 1.60. The molecule has 1 N–H and O–H groups in total. The molecular formula is C17H28N2O. The Morgan fingerprint density at radius 3 is 2.75 bits per heavy atom. The van der Waals surface area contributed by atoms with Gasteiger partial charge in [-0.2, -0.15) is 5.10 Å². The van der Waals surface area contributed by atoms with Crippen molar-refractivity contribution in [3.8, 4) is 0 Å². The minimum Gasteiger partial charge on any atom is -0.396 e. The third kappa shape index (κ3) is 2.30. The Balaban J connectivity index is 1.74. The number of nitrogens with zero attached hydrogens (tertiary/aromatic N) is 2. The van der Waals surface area contributed by atoms with Gasteiger partial charge in [-0.1, -0.05) is 20.3 Å². The van der Waals surface area contributed by atoms with Crippen LogP contribution in [0.2, 0.25) is 0 Å². The average molecular weight is 276 g/mol. The van der Waals surface area contributed by atoms with Crippen LogP contribution >= 0.6 is 0 Å². The van der Waals surface area contributed by atoms with Crippen molar-refractivity contribution in [2.45, 2.75) is 64.8 Å². The first-order valence-electron chi connectivity index (χ1n) is 8.35. The van der Waals surface area contributed by atoms with E-state index in [1.807, 2.05) is 0 Å². The zero-order chi connectivity index (χ0) is 14.2. The molecule has 3 unspecified atom stereocenters. The molecule has 2 aliphatic carbocycles. The summed E-state index contributed by atoms with van der Waals surface area (Å²) in [4.78, 5) is 0. The Labute approximate surface area is 122 Å². The summed E-state index contributed by atoms with van der Waals surface area (Å²) in [5.41, 5.74) is 1.31. The maximum atomic E-state index is 9.97. The van der Waals surface area contributed by atoms with Gasteiger partial charge in [0.15, 0.2) is 0 Å². The van der Waals surface area contributed by atoms with E-state index in [9.17, 15) is 5.11 Å². The van der Waals surface area contributed by atoms with Crippen LogP contribution < -0.4 is 0 Å². The summed E-state index contributed by atoms with van der Waals surface area (Å²) in [6.07, 6.45) is 10.6. The van der Waals surface area contributed by atoms with Gasteiger partial charge in [-0.25, -0.2) is 0 Å². The number of aliphatic hydroxyl groups is 1. The molecule has 3 nitrogen and oxygen atoms in total. The molecule has 3 atom stereocenters. The summed E-state index contributed by atoms with van der Waals surface area (Å²) in [5, 5.41) is 14.8. The zero-order valence-electron chi connectivity index (χ0n) is 12.9. The predicted octanol–water partition coefficient (Wildman–Crippen LogP) is 3.59. The lowest BCUT2D eigenvalue weighted by atomic mass is 9.71. The van der Waals surface area contributed by atoms with Crippen molar-refractivity contribution in [3.63, 3.8) is 0 Å². The summed E-state index contributed by atoms with van der Waals surface area (Å²) < 4.78 is 2.13. The van der Waals surface area contributed by atoms with Gasteiger partial charge in [-0.15, -0.1) is 0 Å². The molecule has 0 saturated heterocycles. The molecule has 0 amide bonds. The Kier molecular flexibility index (Phi) is 3.89. The van der Waals surface area contributed by atoms with Crippen LogP contribution in [0.1, 0.15) is 64.1 Å². The topological polar surface area (TPSA) is 38.0 Å². The molecule has 1 heterocycles. The molecule has 0 radical (unpaired) electrons. The average Bonchev–Trinajstić information content (AvgIpc) is 3.16. The lowest BCUT2D eigenvalue weighted by Crippen LogP contribution is -2.34. The van der Waals surface area contributed by atoms with Crippen molar-refractivity contribution >= 4 is 0 Å². The van der Waals surface area contributed by atoms with Gasteiger partial charge in [0.25, 0.3) is 0 Å². The van der Waals surface area contributed by atoms with Crippen LogP contribution in [0.5, 0.6) is 0 Å². The summed E-state index contributed by atoms with van der Waals surface area (Å²) in [7, 11) is 0. The first-order valence-corrected chi connectivity index (χ1v) is 8.35. The van der Waals surface area contributed by atoms with Gasteiger partial charge in [0.05, 0.1) is 11.7 Å². The quantitative estimate of drug-likeness (QED) is 0.862. The van der Waals surface area contributed by atoms with Crippen LogP contribution in [0.3, 0.4) is 0 Å². The summed E-state index contributed by atoms with van der Waals surface area (Å²) >= 11 is 0. The summed E-state index contributed by atoms with van der Waals surface area (Å²) in [6, 6.07) is 2.69.